The summed E-state index contributed by atoms with van der Waals surface area (Å²) in [6, 6.07) is 7.18. The maximum atomic E-state index is 12.0. The van der Waals surface area contributed by atoms with Gasteiger partial charge in [0.25, 0.3) is 0 Å². The zero-order valence-corrected chi connectivity index (χ0v) is 19.3. The van der Waals surface area contributed by atoms with E-state index in [1.165, 1.54) is 13.8 Å². The van der Waals surface area contributed by atoms with Crippen molar-refractivity contribution in [2.75, 3.05) is 6.61 Å². The molecule has 0 aliphatic carbocycles. The maximum absolute atomic E-state index is 12.0. The Kier molecular flexibility index (Phi) is 7.90. The fraction of sp³-hybridized carbons (Fsp3) is 0.478. The van der Waals surface area contributed by atoms with E-state index in [9.17, 15) is 24.3 Å². The van der Waals surface area contributed by atoms with Crippen LogP contribution in [-0.2, 0) is 49.5 Å². The van der Waals surface area contributed by atoms with Crippen molar-refractivity contribution in [2.45, 2.75) is 64.9 Å². The van der Waals surface area contributed by atoms with Gasteiger partial charge >= 0.3 is 23.9 Å². The van der Waals surface area contributed by atoms with Gasteiger partial charge in [-0.15, -0.1) is 0 Å². The predicted molar refractivity (Wildman–Crippen MR) is 115 cm³/mol. The molecule has 1 aliphatic heterocycles. The number of benzene rings is 1. The van der Waals surface area contributed by atoms with Gasteiger partial charge in [0.2, 0.25) is 0 Å². The lowest BCUT2D eigenvalue weighted by atomic mass is 9.97. The van der Waals surface area contributed by atoms with Crippen LogP contribution in [0.25, 0.3) is 10.9 Å². The van der Waals surface area contributed by atoms with E-state index in [4.69, 9.17) is 23.7 Å². The highest BCUT2D eigenvalue weighted by Crippen LogP contribution is 2.37. The summed E-state index contributed by atoms with van der Waals surface area (Å²) in [6.45, 7) is 4.13. The number of carbonyl (C=O) groups excluding carboxylic acids is 4. The molecule has 0 unspecified atom stereocenters. The fourth-order valence-corrected chi connectivity index (χ4v) is 4.04. The topological polar surface area (TPSA) is 140 Å². The average molecular weight is 477 g/mol. The summed E-state index contributed by atoms with van der Waals surface area (Å²) in [5.74, 6) is -2.69. The molecule has 1 N–H and O–H groups in total. The molecule has 1 fully saturated rings. The van der Waals surface area contributed by atoms with Gasteiger partial charge in [-0.2, -0.15) is 0 Å². The summed E-state index contributed by atoms with van der Waals surface area (Å²) in [5, 5.41) is 10.6. The number of hydrogen-bond donors (Lipinski definition) is 1. The van der Waals surface area contributed by atoms with Crippen LogP contribution in [0.4, 0.5) is 0 Å². The van der Waals surface area contributed by atoms with Crippen LogP contribution in [0.5, 0.6) is 0 Å². The summed E-state index contributed by atoms with van der Waals surface area (Å²) in [4.78, 5) is 47.3. The minimum Gasteiger partial charge on any atom is -0.463 e. The second-order valence-electron chi connectivity index (χ2n) is 7.83. The number of aliphatic hydroxyl groups excluding tert-OH is 1. The van der Waals surface area contributed by atoms with Crippen molar-refractivity contribution in [3.05, 3.63) is 36.0 Å². The first-order valence-electron chi connectivity index (χ1n) is 10.6. The van der Waals surface area contributed by atoms with Crippen molar-refractivity contribution >= 4 is 34.8 Å². The lowest BCUT2D eigenvalue weighted by Gasteiger charge is -2.44. The van der Waals surface area contributed by atoms with Gasteiger partial charge in [0, 0.05) is 44.8 Å². The van der Waals surface area contributed by atoms with Gasteiger partial charge < -0.3 is 33.4 Å². The van der Waals surface area contributed by atoms with E-state index in [0.29, 0.717) is 11.1 Å². The first kappa shape index (κ1) is 25.2. The molecule has 3 rings (SSSR count). The van der Waals surface area contributed by atoms with Crippen LogP contribution in [-0.4, -0.2) is 64.6 Å². The Morgan fingerprint density at radius 3 is 2.06 bits per heavy atom. The van der Waals surface area contributed by atoms with Gasteiger partial charge in [0.05, 0.1) is 12.1 Å². The predicted octanol–water partition coefficient (Wildman–Crippen LogP) is 1.39. The Hall–Kier alpha value is -3.44. The molecule has 34 heavy (non-hydrogen) atoms. The second-order valence-corrected chi connectivity index (χ2v) is 7.83. The van der Waals surface area contributed by atoms with Gasteiger partial charge in [-0.3, -0.25) is 19.2 Å². The average Bonchev–Trinajstić information content (AvgIpc) is 3.13. The number of nitrogens with zero attached hydrogens (tertiary/aromatic N) is 1. The first-order chi connectivity index (χ1) is 16.1. The minimum absolute atomic E-state index is 0.265. The molecular formula is C23H27NO10. The third-order valence-corrected chi connectivity index (χ3v) is 5.23. The fourth-order valence-electron chi connectivity index (χ4n) is 4.04. The molecular weight excluding hydrogens is 450 g/mol. The number of fused-ring (bicyclic) bond motifs is 1. The molecule has 1 aromatic heterocycles. The molecule has 0 bridgehead atoms. The zero-order valence-electron chi connectivity index (χ0n) is 19.3. The van der Waals surface area contributed by atoms with E-state index in [-0.39, 0.29) is 13.2 Å². The van der Waals surface area contributed by atoms with Crippen LogP contribution in [0.15, 0.2) is 30.5 Å². The van der Waals surface area contributed by atoms with Crippen molar-refractivity contribution < 1.29 is 48.0 Å². The Bertz CT molecular complexity index is 1080. The van der Waals surface area contributed by atoms with Gasteiger partial charge in [-0.1, -0.05) is 18.2 Å². The molecule has 0 saturated carbocycles. The maximum Gasteiger partial charge on any atom is 0.303 e. The van der Waals surface area contributed by atoms with E-state index < -0.39 is 54.5 Å². The normalized spacial score (nSPS) is 24.3. The highest BCUT2D eigenvalue weighted by Gasteiger charge is 2.53. The summed E-state index contributed by atoms with van der Waals surface area (Å²) in [5.41, 5.74) is 1.23. The number of para-hydroxylation sites is 1. The van der Waals surface area contributed by atoms with Gasteiger partial charge in [0.15, 0.2) is 24.5 Å². The van der Waals surface area contributed by atoms with Crippen LogP contribution in [0, 0.1) is 0 Å². The van der Waals surface area contributed by atoms with Crippen LogP contribution in [0.3, 0.4) is 0 Å². The molecule has 5 atom stereocenters. The lowest BCUT2D eigenvalue weighted by molar-refractivity contribution is -0.267. The summed E-state index contributed by atoms with van der Waals surface area (Å²) in [7, 11) is 0. The van der Waals surface area contributed by atoms with Crippen molar-refractivity contribution in [1.29, 1.82) is 0 Å². The molecule has 184 valence electrons. The zero-order chi connectivity index (χ0) is 25.0. The van der Waals surface area contributed by atoms with Crippen molar-refractivity contribution in [2.24, 2.45) is 0 Å². The number of aliphatic hydroxyl groups is 1. The Labute approximate surface area is 195 Å². The summed E-state index contributed by atoms with van der Waals surface area (Å²) < 4.78 is 29.3. The van der Waals surface area contributed by atoms with Gasteiger partial charge in [-0.05, 0) is 6.07 Å². The van der Waals surface area contributed by atoms with Crippen LogP contribution in [0.2, 0.25) is 0 Å². The number of ether oxygens (including phenoxy) is 5. The molecule has 0 radical (unpaired) electrons. The molecule has 0 spiro atoms. The second kappa shape index (κ2) is 10.7. The number of aromatic nitrogens is 1. The van der Waals surface area contributed by atoms with Crippen molar-refractivity contribution in [1.82, 2.24) is 4.57 Å². The monoisotopic (exact) mass is 477 g/mol. The van der Waals surface area contributed by atoms with Crippen LogP contribution in [0.1, 0.15) is 39.5 Å². The molecule has 11 nitrogen and oxygen atoms in total. The first-order valence-corrected chi connectivity index (χ1v) is 10.6. The third kappa shape index (κ3) is 5.54. The number of hydrogen-bond acceptors (Lipinski definition) is 10. The highest BCUT2D eigenvalue weighted by molar-refractivity contribution is 5.84. The Morgan fingerprint density at radius 1 is 0.882 bits per heavy atom. The van der Waals surface area contributed by atoms with E-state index >= 15 is 0 Å². The molecule has 1 aliphatic rings. The van der Waals surface area contributed by atoms with E-state index in [1.807, 2.05) is 6.07 Å². The van der Waals surface area contributed by atoms with E-state index in [1.54, 1.807) is 29.0 Å². The quantitative estimate of drug-likeness (QED) is 0.459. The molecule has 1 saturated heterocycles. The van der Waals surface area contributed by atoms with Crippen molar-refractivity contribution in [3.63, 3.8) is 0 Å². The molecule has 1 aromatic carbocycles. The SMILES string of the molecule is CC(=O)OC[C@@H]1O[C@H](n2cc(CO)c3ccccc32)[C@H](OC(C)=O)[C@H](OC(C)=O)[C@@H]1OC(C)=O. The van der Waals surface area contributed by atoms with Gasteiger partial charge in [0.1, 0.15) is 12.7 Å². The largest absolute Gasteiger partial charge is 0.463 e. The molecule has 11 heteroatoms. The van der Waals surface area contributed by atoms with E-state index in [2.05, 4.69) is 0 Å². The smallest absolute Gasteiger partial charge is 0.303 e. The summed E-state index contributed by atoms with van der Waals surface area (Å²) >= 11 is 0. The number of rotatable bonds is 7. The molecule has 0 amide bonds. The van der Waals surface area contributed by atoms with E-state index in [0.717, 1.165) is 19.2 Å². The van der Waals surface area contributed by atoms with Crippen molar-refractivity contribution in [3.8, 4) is 0 Å². The Balaban J connectivity index is 2.16. The molecule has 2 aromatic rings. The van der Waals surface area contributed by atoms with Crippen LogP contribution >= 0.6 is 0 Å². The Morgan fingerprint density at radius 2 is 1.47 bits per heavy atom. The number of carbonyl (C=O) groups is 4. The lowest BCUT2D eigenvalue weighted by Crippen LogP contribution is -2.60. The highest BCUT2D eigenvalue weighted by atomic mass is 16.7. The summed E-state index contributed by atoms with van der Waals surface area (Å²) in [6.07, 6.45) is -4.25. The number of esters is 4. The standard InChI is InChI=1S/C23H27NO10/c1-12(26)30-11-19-20(31-13(2)27)21(32-14(3)28)22(33-15(4)29)23(34-19)24-9-16(10-25)17-7-5-6-8-18(17)24/h5-9,19-23,25H,10-11H2,1-4H3/t19-,20+,21+,22+,23-/m0/s1. The third-order valence-electron chi connectivity index (χ3n) is 5.23. The van der Waals surface area contributed by atoms with Gasteiger partial charge in [-0.25, -0.2) is 0 Å². The van der Waals surface area contributed by atoms with Crippen LogP contribution < -0.4 is 0 Å². The minimum atomic E-state index is -1.27. The molecule has 2 heterocycles.